The fourth-order valence-corrected chi connectivity index (χ4v) is 0.653. The molecule has 0 amide bonds. The van der Waals surface area contributed by atoms with Gasteiger partial charge >= 0.3 is 0 Å². The van der Waals surface area contributed by atoms with Crippen molar-refractivity contribution in [1.82, 2.24) is 5.43 Å². The van der Waals surface area contributed by atoms with Crippen molar-refractivity contribution >= 4 is 22.6 Å². The molecule has 0 aromatic rings. The first kappa shape index (κ1) is 8.97. The summed E-state index contributed by atoms with van der Waals surface area (Å²) in [4.78, 5) is 0. The average molecular weight is 238 g/mol. The van der Waals surface area contributed by atoms with E-state index in [1.54, 1.807) is 0 Å². The van der Waals surface area contributed by atoms with Crippen LogP contribution in [0.4, 0.5) is 0 Å². The van der Waals surface area contributed by atoms with Crippen LogP contribution in [0, 0.1) is 0 Å². The van der Waals surface area contributed by atoms with Crippen molar-refractivity contribution in [3.05, 3.63) is 23.9 Å². The van der Waals surface area contributed by atoms with Crippen molar-refractivity contribution in [3.8, 4) is 0 Å². The van der Waals surface area contributed by atoms with Gasteiger partial charge in [-0.15, -0.1) is 0 Å². The second-order valence-corrected chi connectivity index (χ2v) is 2.33. The van der Waals surface area contributed by atoms with Crippen LogP contribution >= 0.6 is 22.6 Å². The molecule has 0 aliphatic carbocycles. The van der Waals surface area contributed by atoms with Crippen molar-refractivity contribution in [2.75, 3.05) is 4.43 Å². The molecule has 0 radical (unpaired) electrons. The topological polar surface area (TPSA) is 38.0 Å². The lowest BCUT2D eigenvalue weighted by Gasteiger charge is -1.95. The molecule has 0 atom stereocenters. The zero-order valence-electron chi connectivity index (χ0n) is 5.39. The van der Waals surface area contributed by atoms with E-state index in [4.69, 9.17) is 5.84 Å². The Balaban J connectivity index is 3.70. The molecule has 0 unspecified atom stereocenters. The van der Waals surface area contributed by atoms with E-state index in [-0.39, 0.29) is 0 Å². The maximum Gasteiger partial charge on any atom is 0.0439 e. The molecule has 0 spiro atoms. The van der Waals surface area contributed by atoms with Crippen LogP contribution < -0.4 is 11.3 Å². The lowest BCUT2D eigenvalue weighted by atomic mass is 10.4. The van der Waals surface area contributed by atoms with Crippen LogP contribution in [-0.2, 0) is 0 Å². The van der Waals surface area contributed by atoms with Crippen molar-refractivity contribution in [2.45, 2.75) is 6.92 Å². The highest BCUT2D eigenvalue weighted by molar-refractivity contribution is 14.1. The normalized spacial score (nSPS) is 12.6. The summed E-state index contributed by atoms with van der Waals surface area (Å²) in [6.45, 7) is 1.94. The largest absolute Gasteiger partial charge is 0.324 e. The molecular formula is C6H11IN2. The lowest BCUT2D eigenvalue weighted by Crippen LogP contribution is -2.19. The number of nitrogens with one attached hydrogen (secondary N) is 1. The van der Waals surface area contributed by atoms with Gasteiger partial charge in [0.25, 0.3) is 0 Å². The van der Waals surface area contributed by atoms with Gasteiger partial charge in [0.2, 0.25) is 0 Å². The molecule has 3 heteroatoms. The first-order chi connectivity index (χ1) is 4.35. The summed E-state index contributed by atoms with van der Waals surface area (Å²) in [5.41, 5.74) is 3.51. The van der Waals surface area contributed by atoms with Gasteiger partial charge in [-0.2, -0.15) is 0 Å². The second-order valence-electron chi connectivity index (χ2n) is 1.45. The highest BCUT2D eigenvalue weighted by Gasteiger charge is 1.79. The Labute approximate surface area is 69.3 Å². The molecular weight excluding hydrogens is 227 g/mol. The van der Waals surface area contributed by atoms with Gasteiger partial charge in [0.05, 0.1) is 0 Å². The predicted octanol–water partition coefficient (Wildman–Crippen LogP) is 1.34. The summed E-state index contributed by atoms with van der Waals surface area (Å²) in [5, 5.41) is 0. The van der Waals surface area contributed by atoms with Crippen molar-refractivity contribution in [1.29, 1.82) is 0 Å². The van der Waals surface area contributed by atoms with E-state index in [0.717, 1.165) is 10.1 Å². The SMILES string of the molecule is C/C=C(\C=C/CI)NN. The summed E-state index contributed by atoms with van der Waals surface area (Å²) >= 11 is 2.27. The van der Waals surface area contributed by atoms with E-state index < -0.39 is 0 Å². The van der Waals surface area contributed by atoms with Crippen LogP contribution in [-0.4, -0.2) is 4.43 Å². The molecule has 0 saturated carbocycles. The number of hydrogen-bond acceptors (Lipinski definition) is 2. The standard InChI is InChI=1S/C6H11IN2/c1-2-6(9-8)4-3-5-7/h2-4,9H,5,8H2,1H3/b4-3-,6-2+. The number of hydrazine groups is 1. The lowest BCUT2D eigenvalue weighted by molar-refractivity contribution is 0.913. The Morgan fingerprint density at radius 3 is 2.78 bits per heavy atom. The third kappa shape index (κ3) is 4.47. The Kier molecular flexibility index (Phi) is 6.08. The van der Waals surface area contributed by atoms with Crippen molar-refractivity contribution in [3.63, 3.8) is 0 Å². The van der Waals surface area contributed by atoms with E-state index >= 15 is 0 Å². The summed E-state index contributed by atoms with van der Waals surface area (Å²) in [6.07, 6.45) is 5.91. The third-order valence-corrected chi connectivity index (χ3v) is 1.37. The average Bonchev–Trinajstić information content (AvgIpc) is 1.91. The molecule has 0 aliphatic heterocycles. The number of nitrogens with two attached hydrogens (primary N) is 1. The maximum absolute atomic E-state index is 5.15. The highest BCUT2D eigenvalue weighted by Crippen LogP contribution is 1.90. The first-order valence-corrected chi connectivity index (χ1v) is 4.23. The number of hydrogen-bond donors (Lipinski definition) is 2. The molecule has 2 nitrogen and oxygen atoms in total. The van der Waals surface area contributed by atoms with E-state index in [0.29, 0.717) is 0 Å². The van der Waals surface area contributed by atoms with E-state index in [1.807, 2.05) is 25.2 Å². The van der Waals surface area contributed by atoms with Gasteiger partial charge < -0.3 is 5.43 Å². The summed E-state index contributed by atoms with van der Waals surface area (Å²) in [7, 11) is 0. The van der Waals surface area contributed by atoms with Crippen LogP contribution in [0.1, 0.15) is 6.92 Å². The summed E-state index contributed by atoms with van der Waals surface area (Å²) < 4.78 is 1.01. The monoisotopic (exact) mass is 238 g/mol. The quantitative estimate of drug-likeness (QED) is 0.256. The third-order valence-electron chi connectivity index (χ3n) is 0.864. The number of halogens is 1. The smallest absolute Gasteiger partial charge is 0.0439 e. The van der Waals surface area contributed by atoms with Crippen LogP contribution in [0.3, 0.4) is 0 Å². The van der Waals surface area contributed by atoms with Crippen LogP contribution in [0.15, 0.2) is 23.9 Å². The van der Waals surface area contributed by atoms with E-state index in [2.05, 4.69) is 28.0 Å². The molecule has 3 N–H and O–H groups in total. The molecule has 0 fully saturated rings. The molecule has 0 aromatic heterocycles. The minimum Gasteiger partial charge on any atom is -0.324 e. The van der Waals surface area contributed by atoms with E-state index in [9.17, 15) is 0 Å². The Hall–Kier alpha value is -0.0300. The molecule has 0 bridgehead atoms. The number of allylic oxidation sites excluding steroid dienone is 3. The zero-order chi connectivity index (χ0) is 7.11. The molecule has 52 valence electrons. The van der Waals surface area contributed by atoms with Crippen molar-refractivity contribution in [2.24, 2.45) is 5.84 Å². The molecule has 0 aliphatic rings. The van der Waals surface area contributed by atoms with Crippen LogP contribution in [0.2, 0.25) is 0 Å². The fourth-order valence-electron chi connectivity index (χ4n) is 0.399. The number of rotatable bonds is 3. The molecule has 9 heavy (non-hydrogen) atoms. The Morgan fingerprint density at radius 1 is 1.78 bits per heavy atom. The van der Waals surface area contributed by atoms with Gasteiger partial charge in [-0.05, 0) is 13.0 Å². The molecule has 0 aromatic carbocycles. The summed E-state index contributed by atoms with van der Waals surface area (Å²) in [5.74, 6) is 5.15. The van der Waals surface area contributed by atoms with Gasteiger partial charge in [0, 0.05) is 10.1 Å². The van der Waals surface area contributed by atoms with Crippen molar-refractivity contribution < 1.29 is 0 Å². The molecule has 0 heterocycles. The van der Waals surface area contributed by atoms with Gasteiger partial charge in [-0.1, -0.05) is 34.7 Å². The Morgan fingerprint density at radius 2 is 2.44 bits per heavy atom. The van der Waals surface area contributed by atoms with Gasteiger partial charge in [0.1, 0.15) is 0 Å². The van der Waals surface area contributed by atoms with Crippen LogP contribution in [0.25, 0.3) is 0 Å². The molecule has 0 saturated heterocycles. The first-order valence-electron chi connectivity index (χ1n) is 2.70. The minimum absolute atomic E-state index is 0.951. The molecule has 0 rings (SSSR count). The second kappa shape index (κ2) is 6.10. The zero-order valence-corrected chi connectivity index (χ0v) is 7.55. The summed E-state index contributed by atoms with van der Waals surface area (Å²) in [6, 6.07) is 0. The number of alkyl halides is 1. The fraction of sp³-hybridized carbons (Fsp3) is 0.333. The van der Waals surface area contributed by atoms with E-state index in [1.165, 1.54) is 0 Å². The van der Waals surface area contributed by atoms with Gasteiger partial charge in [-0.3, -0.25) is 5.84 Å². The minimum atomic E-state index is 0.951. The van der Waals surface area contributed by atoms with Crippen LogP contribution in [0.5, 0.6) is 0 Å². The van der Waals surface area contributed by atoms with Gasteiger partial charge in [0.15, 0.2) is 0 Å². The highest BCUT2D eigenvalue weighted by atomic mass is 127. The van der Waals surface area contributed by atoms with Gasteiger partial charge in [-0.25, -0.2) is 0 Å². The maximum atomic E-state index is 5.15. The Bertz CT molecular complexity index is 118. The predicted molar refractivity (Wildman–Crippen MR) is 49.1 cm³/mol.